The van der Waals surface area contributed by atoms with Crippen LogP contribution in [-0.2, 0) is 13.0 Å². The number of aryl methyl sites for hydroxylation is 1. The van der Waals surface area contributed by atoms with Gasteiger partial charge in [0.15, 0.2) is 5.96 Å². The second-order valence-corrected chi connectivity index (χ2v) is 6.87. The van der Waals surface area contributed by atoms with Gasteiger partial charge in [0.25, 0.3) is 0 Å². The van der Waals surface area contributed by atoms with Crippen LogP contribution in [0.1, 0.15) is 24.5 Å². The molecule has 0 aromatic heterocycles. The first-order valence-electron chi connectivity index (χ1n) is 9.61. The Hall–Kier alpha value is -1.76. The van der Waals surface area contributed by atoms with Crippen LogP contribution in [0.3, 0.4) is 0 Å². The lowest BCUT2D eigenvalue weighted by atomic mass is 10.1. The van der Waals surface area contributed by atoms with Gasteiger partial charge in [-0.15, -0.1) is 24.0 Å². The van der Waals surface area contributed by atoms with Gasteiger partial charge in [0.2, 0.25) is 0 Å². The van der Waals surface area contributed by atoms with Gasteiger partial charge in [0, 0.05) is 38.9 Å². The summed E-state index contributed by atoms with van der Waals surface area (Å²) in [6, 6.07) is 19.3. The van der Waals surface area contributed by atoms with Crippen molar-refractivity contribution < 1.29 is 0 Å². The fraction of sp³-hybridized carbons (Fsp3) is 0.409. The summed E-state index contributed by atoms with van der Waals surface area (Å²) >= 11 is 0. The summed E-state index contributed by atoms with van der Waals surface area (Å²) in [5.41, 5.74) is 4.06. The van der Waals surface area contributed by atoms with Crippen LogP contribution in [-0.4, -0.2) is 32.6 Å². The highest BCUT2D eigenvalue weighted by atomic mass is 127. The molecule has 1 unspecified atom stereocenters. The van der Waals surface area contributed by atoms with E-state index in [1.165, 1.54) is 23.2 Å². The van der Waals surface area contributed by atoms with Gasteiger partial charge >= 0.3 is 0 Å². The first-order chi connectivity index (χ1) is 12.8. The lowest BCUT2D eigenvalue weighted by molar-refractivity contribution is 0.565. The maximum Gasteiger partial charge on any atom is 0.191 e. The van der Waals surface area contributed by atoms with Crippen LogP contribution in [0.5, 0.6) is 0 Å². The molecule has 27 heavy (non-hydrogen) atoms. The average molecular weight is 478 g/mol. The third-order valence-corrected chi connectivity index (χ3v) is 5.13. The van der Waals surface area contributed by atoms with E-state index < -0.39 is 0 Å². The van der Waals surface area contributed by atoms with Crippen LogP contribution in [0.2, 0.25) is 0 Å². The van der Waals surface area contributed by atoms with Crippen molar-refractivity contribution in [3.05, 3.63) is 65.7 Å². The van der Waals surface area contributed by atoms with Gasteiger partial charge in [-0.25, -0.2) is 0 Å². The molecular formula is C22H31IN4. The van der Waals surface area contributed by atoms with Gasteiger partial charge in [-0.05, 0) is 42.0 Å². The number of para-hydroxylation sites is 1. The molecular weight excluding hydrogens is 447 g/mol. The molecule has 1 aliphatic heterocycles. The van der Waals surface area contributed by atoms with Crippen molar-refractivity contribution in [1.82, 2.24) is 10.6 Å². The highest BCUT2D eigenvalue weighted by Crippen LogP contribution is 2.22. The van der Waals surface area contributed by atoms with Gasteiger partial charge < -0.3 is 15.5 Å². The largest absolute Gasteiger partial charge is 0.371 e. The van der Waals surface area contributed by atoms with Gasteiger partial charge in [-0.2, -0.15) is 0 Å². The monoisotopic (exact) mass is 478 g/mol. The van der Waals surface area contributed by atoms with E-state index in [0.29, 0.717) is 5.92 Å². The second-order valence-electron chi connectivity index (χ2n) is 6.87. The summed E-state index contributed by atoms with van der Waals surface area (Å²) in [5.74, 6) is 1.53. The minimum absolute atomic E-state index is 0. The molecule has 1 aliphatic rings. The molecule has 0 saturated carbocycles. The van der Waals surface area contributed by atoms with Crippen LogP contribution in [0.4, 0.5) is 5.69 Å². The SMILES string of the molecule is CCc1ccccc1CNC(=NC)NCC1CCN(c2ccccc2)C1.I. The number of nitrogens with one attached hydrogen (secondary N) is 2. The Morgan fingerprint density at radius 1 is 1.04 bits per heavy atom. The standard InChI is InChI=1S/C22H30N4.HI/c1-3-19-9-7-8-10-20(19)16-25-22(23-2)24-15-18-13-14-26(17-18)21-11-5-4-6-12-21;/h4-12,18H,3,13-17H2,1-2H3,(H2,23,24,25);1H. The molecule has 1 heterocycles. The molecule has 2 aromatic rings. The number of halogens is 1. The molecule has 0 bridgehead atoms. The summed E-state index contributed by atoms with van der Waals surface area (Å²) in [5, 5.41) is 6.96. The Morgan fingerprint density at radius 3 is 2.44 bits per heavy atom. The van der Waals surface area contributed by atoms with Crippen molar-refractivity contribution in [3.63, 3.8) is 0 Å². The first kappa shape index (κ1) is 21.5. The molecule has 0 radical (unpaired) electrons. The zero-order chi connectivity index (χ0) is 18.2. The van der Waals surface area contributed by atoms with E-state index in [1.54, 1.807) is 0 Å². The maximum atomic E-state index is 4.38. The number of guanidine groups is 1. The number of benzene rings is 2. The molecule has 4 nitrogen and oxygen atoms in total. The lowest BCUT2D eigenvalue weighted by Gasteiger charge is -2.19. The van der Waals surface area contributed by atoms with Crippen molar-refractivity contribution >= 4 is 35.6 Å². The van der Waals surface area contributed by atoms with E-state index in [2.05, 4.69) is 82.0 Å². The van der Waals surface area contributed by atoms with E-state index in [4.69, 9.17) is 0 Å². The van der Waals surface area contributed by atoms with E-state index in [0.717, 1.165) is 38.6 Å². The summed E-state index contributed by atoms with van der Waals surface area (Å²) in [7, 11) is 1.84. The fourth-order valence-corrected chi connectivity index (χ4v) is 3.59. The summed E-state index contributed by atoms with van der Waals surface area (Å²) in [4.78, 5) is 6.85. The molecule has 1 atom stereocenters. The van der Waals surface area contributed by atoms with Crippen molar-refractivity contribution in [3.8, 4) is 0 Å². The van der Waals surface area contributed by atoms with Crippen LogP contribution in [0, 0.1) is 5.92 Å². The average Bonchev–Trinajstić information content (AvgIpc) is 3.18. The normalized spacial score (nSPS) is 16.7. The lowest BCUT2D eigenvalue weighted by Crippen LogP contribution is -2.40. The number of nitrogens with zero attached hydrogens (tertiary/aromatic N) is 2. The zero-order valence-corrected chi connectivity index (χ0v) is 18.6. The summed E-state index contributed by atoms with van der Waals surface area (Å²) < 4.78 is 0. The summed E-state index contributed by atoms with van der Waals surface area (Å²) in [6.07, 6.45) is 2.28. The topological polar surface area (TPSA) is 39.7 Å². The molecule has 5 heteroatoms. The minimum Gasteiger partial charge on any atom is -0.371 e. The number of hydrogen-bond acceptors (Lipinski definition) is 2. The van der Waals surface area contributed by atoms with Gasteiger partial charge in [-0.1, -0.05) is 49.4 Å². The van der Waals surface area contributed by atoms with Crippen molar-refractivity contribution in [2.24, 2.45) is 10.9 Å². The Balaban J connectivity index is 0.00000261. The molecule has 1 fully saturated rings. The van der Waals surface area contributed by atoms with Gasteiger partial charge in [-0.3, -0.25) is 4.99 Å². The molecule has 0 amide bonds. The van der Waals surface area contributed by atoms with Gasteiger partial charge in [0.05, 0.1) is 0 Å². The Labute approximate surface area is 180 Å². The quantitative estimate of drug-likeness (QED) is 0.374. The zero-order valence-electron chi connectivity index (χ0n) is 16.3. The van der Waals surface area contributed by atoms with Crippen LogP contribution in [0.15, 0.2) is 59.6 Å². The summed E-state index contributed by atoms with van der Waals surface area (Å²) in [6.45, 7) is 6.20. The second kappa shape index (κ2) is 11.2. The number of aliphatic imine (C=N–C) groups is 1. The Morgan fingerprint density at radius 2 is 1.74 bits per heavy atom. The molecule has 2 N–H and O–H groups in total. The molecule has 1 saturated heterocycles. The highest BCUT2D eigenvalue weighted by molar-refractivity contribution is 14.0. The van der Waals surface area contributed by atoms with E-state index in [-0.39, 0.29) is 24.0 Å². The van der Waals surface area contributed by atoms with Crippen molar-refractivity contribution in [2.45, 2.75) is 26.3 Å². The Bertz CT molecular complexity index is 717. The number of rotatable bonds is 6. The molecule has 0 spiro atoms. The minimum atomic E-state index is 0. The fourth-order valence-electron chi connectivity index (χ4n) is 3.59. The number of hydrogen-bond donors (Lipinski definition) is 2. The van der Waals surface area contributed by atoms with Crippen LogP contribution in [0.25, 0.3) is 0 Å². The number of anilines is 1. The molecule has 146 valence electrons. The molecule has 3 rings (SSSR count). The van der Waals surface area contributed by atoms with Gasteiger partial charge in [0.1, 0.15) is 0 Å². The van der Waals surface area contributed by atoms with Crippen molar-refractivity contribution in [2.75, 3.05) is 31.6 Å². The predicted octanol–water partition coefficient (Wildman–Crippen LogP) is 4.06. The smallest absolute Gasteiger partial charge is 0.191 e. The molecule has 0 aliphatic carbocycles. The highest BCUT2D eigenvalue weighted by Gasteiger charge is 2.22. The van der Waals surface area contributed by atoms with Crippen LogP contribution < -0.4 is 15.5 Å². The van der Waals surface area contributed by atoms with E-state index in [1.807, 2.05) is 7.05 Å². The third-order valence-electron chi connectivity index (χ3n) is 5.13. The molecule has 2 aromatic carbocycles. The maximum absolute atomic E-state index is 4.38. The third kappa shape index (κ3) is 6.13. The predicted molar refractivity (Wildman–Crippen MR) is 126 cm³/mol. The van der Waals surface area contributed by atoms with Crippen molar-refractivity contribution in [1.29, 1.82) is 0 Å². The first-order valence-corrected chi connectivity index (χ1v) is 9.61. The Kier molecular flexibility index (Phi) is 8.91. The van der Waals surface area contributed by atoms with E-state index >= 15 is 0 Å². The van der Waals surface area contributed by atoms with Crippen LogP contribution >= 0.6 is 24.0 Å². The van der Waals surface area contributed by atoms with E-state index in [9.17, 15) is 0 Å².